The number of guanidine groups is 1. The van der Waals surface area contributed by atoms with Crippen LogP contribution in [-0.2, 0) is 0 Å². The van der Waals surface area contributed by atoms with Crippen molar-refractivity contribution in [3.63, 3.8) is 0 Å². The predicted octanol–water partition coefficient (Wildman–Crippen LogP) is 0.741. The molecule has 4 heteroatoms. The molecule has 0 spiro atoms. The van der Waals surface area contributed by atoms with Gasteiger partial charge in [-0.15, -0.1) is 0 Å². The molecule has 0 bridgehead atoms. The first-order valence-electron chi connectivity index (χ1n) is 4.40. The molecule has 0 unspecified atom stereocenters. The fraction of sp³-hybridized carbons (Fsp3) is 0.100. The number of nitrogens with one attached hydrogen (secondary N) is 2. The number of benzene rings is 1. The van der Waals surface area contributed by atoms with E-state index in [2.05, 4.69) is 5.43 Å². The van der Waals surface area contributed by atoms with Crippen molar-refractivity contribution >= 4 is 11.5 Å². The van der Waals surface area contributed by atoms with E-state index < -0.39 is 0 Å². The van der Waals surface area contributed by atoms with Gasteiger partial charge in [0.15, 0.2) is 0 Å². The number of nitrogens with zero attached hydrogens (tertiary/aromatic N) is 1. The van der Waals surface area contributed by atoms with Gasteiger partial charge in [0.2, 0.25) is 5.96 Å². The van der Waals surface area contributed by atoms with Crippen molar-refractivity contribution in [3.8, 4) is 0 Å². The number of hydrazine groups is 1. The normalized spacial score (nSPS) is 15.4. The lowest BCUT2D eigenvalue weighted by atomic mass is 10.1. The van der Waals surface area contributed by atoms with E-state index in [-0.39, 0.29) is 5.96 Å². The zero-order valence-corrected chi connectivity index (χ0v) is 7.70. The number of hydrogen-bond acceptors (Lipinski definition) is 2. The molecule has 4 N–H and O–H groups in total. The number of nitrogens with two attached hydrogens (primary N) is 1. The SMILES string of the molecule is N=C(N)N1C=C(c2ccccc2)CN1. The summed E-state index contributed by atoms with van der Waals surface area (Å²) in [6.07, 6.45) is 1.84. The fourth-order valence-corrected chi connectivity index (χ4v) is 1.40. The van der Waals surface area contributed by atoms with Crippen LogP contribution < -0.4 is 11.2 Å². The molecular weight excluding hydrogens is 176 g/mol. The molecule has 14 heavy (non-hydrogen) atoms. The van der Waals surface area contributed by atoms with Crippen molar-refractivity contribution in [2.45, 2.75) is 0 Å². The van der Waals surface area contributed by atoms with Gasteiger partial charge in [-0.2, -0.15) is 0 Å². The van der Waals surface area contributed by atoms with Crippen molar-refractivity contribution in [2.24, 2.45) is 5.73 Å². The monoisotopic (exact) mass is 188 g/mol. The molecule has 1 heterocycles. The number of hydrogen-bond donors (Lipinski definition) is 3. The highest BCUT2D eigenvalue weighted by Gasteiger charge is 2.14. The molecule has 0 radical (unpaired) electrons. The summed E-state index contributed by atoms with van der Waals surface area (Å²) < 4.78 is 0. The third kappa shape index (κ3) is 1.60. The first kappa shape index (κ1) is 8.77. The van der Waals surface area contributed by atoms with Crippen molar-refractivity contribution in [1.82, 2.24) is 10.4 Å². The minimum absolute atomic E-state index is 0.0101. The molecule has 1 aliphatic rings. The van der Waals surface area contributed by atoms with Gasteiger partial charge in [0, 0.05) is 12.7 Å². The van der Waals surface area contributed by atoms with Crippen molar-refractivity contribution in [3.05, 3.63) is 42.1 Å². The van der Waals surface area contributed by atoms with E-state index in [0.717, 1.165) is 11.1 Å². The Morgan fingerprint density at radius 2 is 2.07 bits per heavy atom. The Bertz CT molecular complexity index is 369. The van der Waals surface area contributed by atoms with Crippen molar-refractivity contribution in [1.29, 1.82) is 5.41 Å². The van der Waals surface area contributed by atoms with E-state index in [1.54, 1.807) is 0 Å². The molecule has 4 nitrogen and oxygen atoms in total. The molecule has 72 valence electrons. The molecule has 0 amide bonds. The highest BCUT2D eigenvalue weighted by Crippen LogP contribution is 2.17. The average molecular weight is 188 g/mol. The minimum atomic E-state index is 0.0101. The molecule has 0 fully saturated rings. The van der Waals surface area contributed by atoms with Crippen LogP contribution in [0.3, 0.4) is 0 Å². The molecule has 1 aliphatic heterocycles. The minimum Gasteiger partial charge on any atom is -0.369 e. The van der Waals surface area contributed by atoms with Crippen molar-refractivity contribution in [2.75, 3.05) is 6.54 Å². The van der Waals surface area contributed by atoms with Crippen LogP contribution in [-0.4, -0.2) is 17.5 Å². The van der Waals surface area contributed by atoms with Crippen LogP contribution in [0.5, 0.6) is 0 Å². The predicted molar refractivity (Wildman–Crippen MR) is 56.2 cm³/mol. The lowest BCUT2D eigenvalue weighted by Gasteiger charge is -2.11. The van der Waals surface area contributed by atoms with Crippen LogP contribution in [0.4, 0.5) is 0 Å². The zero-order valence-electron chi connectivity index (χ0n) is 7.70. The maximum atomic E-state index is 7.24. The Hall–Kier alpha value is -1.81. The largest absolute Gasteiger partial charge is 0.369 e. The summed E-state index contributed by atoms with van der Waals surface area (Å²) >= 11 is 0. The van der Waals surface area contributed by atoms with E-state index in [9.17, 15) is 0 Å². The quantitative estimate of drug-likeness (QED) is 0.450. The van der Waals surface area contributed by atoms with Crippen LogP contribution in [0, 0.1) is 5.41 Å². The number of rotatable bonds is 1. The van der Waals surface area contributed by atoms with Gasteiger partial charge in [-0.25, -0.2) is 5.43 Å². The van der Waals surface area contributed by atoms with Crippen LogP contribution in [0.1, 0.15) is 5.56 Å². The highest BCUT2D eigenvalue weighted by molar-refractivity contribution is 5.80. The first-order chi connectivity index (χ1) is 6.77. The van der Waals surface area contributed by atoms with Crippen molar-refractivity contribution < 1.29 is 0 Å². The Morgan fingerprint density at radius 1 is 1.36 bits per heavy atom. The van der Waals surface area contributed by atoms with Crippen LogP contribution in [0.15, 0.2) is 36.5 Å². The summed E-state index contributed by atoms with van der Waals surface area (Å²) in [5.74, 6) is 0.0101. The van der Waals surface area contributed by atoms with Gasteiger partial charge < -0.3 is 5.73 Å². The molecule has 1 aromatic rings. The van der Waals surface area contributed by atoms with E-state index in [1.807, 2.05) is 36.5 Å². The molecule has 0 saturated heterocycles. The Kier molecular flexibility index (Phi) is 2.20. The maximum absolute atomic E-state index is 7.24. The Balaban J connectivity index is 2.22. The lowest BCUT2D eigenvalue weighted by molar-refractivity contribution is 0.454. The van der Waals surface area contributed by atoms with E-state index in [1.165, 1.54) is 5.01 Å². The molecule has 0 atom stereocenters. The summed E-state index contributed by atoms with van der Waals surface area (Å²) in [4.78, 5) is 0. The summed E-state index contributed by atoms with van der Waals surface area (Å²) in [6, 6.07) is 10.0. The van der Waals surface area contributed by atoms with E-state index in [0.29, 0.717) is 6.54 Å². The third-order valence-electron chi connectivity index (χ3n) is 2.13. The molecule has 0 aromatic heterocycles. The average Bonchev–Trinajstić information content (AvgIpc) is 2.68. The Morgan fingerprint density at radius 3 is 2.64 bits per heavy atom. The van der Waals surface area contributed by atoms with Crippen LogP contribution in [0.2, 0.25) is 0 Å². The molecule has 1 aromatic carbocycles. The standard InChI is InChI=1S/C10H12N4/c11-10(12)14-7-9(6-13-14)8-4-2-1-3-5-8/h1-5,7,13H,6H2,(H3,11,12). The summed E-state index contributed by atoms with van der Waals surface area (Å²) in [7, 11) is 0. The van der Waals surface area contributed by atoms with Crippen LogP contribution >= 0.6 is 0 Å². The fourth-order valence-electron chi connectivity index (χ4n) is 1.40. The summed E-state index contributed by atoms with van der Waals surface area (Å²) in [5.41, 5.74) is 10.6. The van der Waals surface area contributed by atoms with Gasteiger partial charge in [0.05, 0.1) is 0 Å². The maximum Gasteiger partial charge on any atom is 0.207 e. The second-order valence-corrected chi connectivity index (χ2v) is 3.11. The molecule has 2 rings (SSSR count). The van der Waals surface area contributed by atoms with Gasteiger partial charge in [-0.05, 0) is 11.1 Å². The van der Waals surface area contributed by atoms with Crippen LogP contribution in [0.25, 0.3) is 5.57 Å². The van der Waals surface area contributed by atoms with Gasteiger partial charge in [0.25, 0.3) is 0 Å². The smallest absolute Gasteiger partial charge is 0.207 e. The third-order valence-corrected chi connectivity index (χ3v) is 2.13. The summed E-state index contributed by atoms with van der Waals surface area (Å²) in [5, 5.41) is 8.76. The topological polar surface area (TPSA) is 65.1 Å². The van der Waals surface area contributed by atoms with E-state index in [4.69, 9.17) is 11.1 Å². The van der Waals surface area contributed by atoms with Gasteiger partial charge in [-0.1, -0.05) is 30.3 Å². The second-order valence-electron chi connectivity index (χ2n) is 3.11. The van der Waals surface area contributed by atoms with E-state index >= 15 is 0 Å². The van der Waals surface area contributed by atoms with Gasteiger partial charge >= 0.3 is 0 Å². The highest BCUT2D eigenvalue weighted by atomic mass is 15.5. The van der Waals surface area contributed by atoms with Gasteiger partial charge in [-0.3, -0.25) is 10.4 Å². The second kappa shape index (κ2) is 3.51. The molecule has 0 saturated carbocycles. The zero-order chi connectivity index (χ0) is 9.97. The van der Waals surface area contributed by atoms with Gasteiger partial charge in [0.1, 0.15) is 0 Å². The lowest BCUT2D eigenvalue weighted by Crippen LogP contribution is -2.39. The first-order valence-corrected chi connectivity index (χ1v) is 4.40. The molecule has 0 aliphatic carbocycles. The summed E-state index contributed by atoms with van der Waals surface area (Å²) in [6.45, 7) is 0.712. The molecular formula is C10H12N4. The Labute approximate surface area is 82.5 Å².